The number of hydrogen-bond donors (Lipinski definition) is 0. The van der Waals surface area contributed by atoms with Crippen molar-refractivity contribution in [3.05, 3.63) is 83.9 Å². The number of ether oxygens (including phenoxy) is 1. The van der Waals surface area contributed by atoms with E-state index in [9.17, 15) is 0 Å². The molecule has 6 rings (SSSR count). The summed E-state index contributed by atoms with van der Waals surface area (Å²) in [5.41, 5.74) is 3.14. The summed E-state index contributed by atoms with van der Waals surface area (Å²) in [7, 11) is 0. The summed E-state index contributed by atoms with van der Waals surface area (Å²) in [5, 5.41) is 2.71. The number of halogens is 1. The molecule has 3 aromatic rings. The first-order valence-electron chi connectivity index (χ1n) is 12.1. The predicted octanol–water partition coefficient (Wildman–Crippen LogP) is 3.19. The lowest BCUT2D eigenvalue weighted by Crippen LogP contribution is -3.00. The molecule has 168 valence electrons. The maximum atomic E-state index is 6.67. The van der Waals surface area contributed by atoms with Gasteiger partial charge in [-0.3, -0.25) is 0 Å². The summed E-state index contributed by atoms with van der Waals surface area (Å²) in [6.07, 6.45) is 3.09. The molecule has 2 nitrogen and oxygen atoms in total. The lowest BCUT2D eigenvalue weighted by Gasteiger charge is -2.43. The van der Waals surface area contributed by atoms with Crippen molar-refractivity contribution in [2.45, 2.75) is 51.5 Å². The summed E-state index contributed by atoms with van der Waals surface area (Å²) in [5.74, 6) is 2.33. The average Bonchev–Trinajstić information content (AvgIpc) is 3.33. The minimum atomic E-state index is 0. The van der Waals surface area contributed by atoms with E-state index in [4.69, 9.17) is 4.74 Å². The van der Waals surface area contributed by atoms with Crippen molar-refractivity contribution < 1.29 is 26.2 Å². The van der Waals surface area contributed by atoms with Gasteiger partial charge in [-0.1, -0.05) is 73.7 Å². The number of nitrogens with zero attached hydrogens (tertiary/aromatic N) is 1. The van der Waals surface area contributed by atoms with E-state index in [0.717, 1.165) is 25.0 Å². The molecule has 2 heterocycles. The Morgan fingerprint density at radius 2 is 1.56 bits per heavy atom. The van der Waals surface area contributed by atoms with Crippen molar-refractivity contribution in [1.82, 2.24) is 0 Å². The van der Waals surface area contributed by atoms with Gasteiger partial charge in [0.2, 0.25) is 0 Å². The molecule has 3 aliphatic rings. The van der Waals surface area contributed by atoms with Crippen LogP contribution < -0.4 is 17.0 Å². The van der Waals surface area contributed by atoms with Gasteiger partial charge in [-0.25, -0.2) is 0 Å². The third kappa shape index (κ3) is 3.28. The second kappa shape index (κ2) is 8.27. The fourth-order valence-corrected chi connectivity index (χ4v) is 7.90. The van der Waals surface area contributed by atoms with Gasteiger partial charge >= 0.3 is 0 Å². The van der Waals surface area contributed by atoms with Crippen LogP contribution in [0, 0.1) is 17.8 Å². The maximum Gasteiger partial charge on any atom is 0.116 e. The molecule has 0 bridgehead atoms. The lowest BCUT2D eigenvalue weighted by molar-refractivity contribution is -0.967. The number of rotatable bonds is 5. The molecule has 32 heavy (non-hydrogen) atoms. The Bertz CT molecular complexity index is 1100. The summed E-state index contributed by atoms with van der Waals surface area (Å²) >= 11 is 0. The van der Waals surface area contributed by atoms with Crippen molar-refractivity contribution in [1.29, 1.82) is 0 Å². The van der Waals surface area contributed by atoms with E-state index in [1.165, 1.54) is 52.3 Å². The van der Waals surface area contributed by atoms with Gasteiger partial charge in [0.1, 0.15) is 24.7 Å². The third-order valence-electron chi connectivity index (χ3n) is 9.22. The van der Waals surface area contributed by atoms with Crippen LogP contribution in [-0.2, 0) is 17.9 Å². The van der Waals surface area contributed by atoms with E-state index in [0.29, 0.717) is 17.6 Å². The quantitative estimate of drug-likeness (QED) is 0.498. The molecular weight excluding hydrogens is 458 g/mol. The molecule has 1 aliphatic carbocycles. The van der Waals surface area contributed by atoms with E-state index >= 15 is 0 Å². The number of benzene rings is 3. The van der Waals surface area contributed by atoms with Crippen molar-refractivity contribution in [2.24, 2.45) is 17.8 Å². The SMILES string of the molecule is C[C@@H]1C[N@@+]2(Cc3ccc4ccccc4c3)C[C@H](OCc3ccccc3)[C@H]3CC[C@@H]1[C@]32C.[Br-]. The van der Waals surface area contributed by atoms with E-state index in [-0.39, 0.29) is 17.0 Å². The summed E-state index contributed by atoms with van der Waals surface area (Å²) in [4.78, 5) is 0. The molecule has 3 aromatic carbocycles. The van der Waals surface area contributed by atoms with Gasteiger partial charge in [0.25, 0.3) is 0 Å². The van der Waals surface area contributed by atoms with Crippen LogP contribution >= 0.6 is 0 Å². The summed E-state index contributed by atoms with van der Waals surface area (Å²) < 4.78 is 7.90. The molecule has 0 unspecified atom stereocenters. The molecule has 1 saturated carbocycles. The highest BCUT2D eigenvalue weighted by atomic mass is 79.9. The van der Waals surface area contributed by atoms with Gasteiger partial charge in [-0.15, -0.1) is 0 Å². The van der Waals surface area contributed by atoms with Crippen LogP contribution in [0.4, 0.5) is 0 Å². The zero-order valence-corrected chi connectivity index (χ0v) is 20.8. The maximum absolute atomic E-state index is 6.67. The second-order valence-electron chi connectivity index (χ2n) is 10.7. The van der Waals surface area contributed by atoms with Crippen molar-refractivity contribution in [3.8, 4) is 0 Å². The van der Waals surface area contributed by atoms with Crippen LogP contribution in [0.1, 0.15) is 37.8 Å². The zero-order valence-electron chi connectivity index (χ0n) is 19.2. The van der Waals surface area contributed by atoms with Gasteiger partial charge in [0.15, 0.2) is 0 Å². The molecule has 0 N–H and O–H groups in total. The Morgan fingerprint density at radius 1 is 0.844 bits per heavy atom. The van der Waals surface area contributed by atoms with Crippen LogP contribution in [0.5, 0.6) is 0 Å². The van der Waals surface area contributed by atoms with E-state index in [1.807, 2.05) is 0 Å². The van der Waals surface area contributed by atoms with Crippen LogP contribution in [0.3, 0.4) is 0 Å². The highest BCUT2D eigenvalue weighted by Crippen LogP contribution is 2.62. The van der Waals surface area contributed by atoms with Crippen molar-refractivity contribution in [3.63, 3.8) is 0 Å². The fourth-order valence-electron chi connectivity index (χ4n) is 7.90. The Hall–Kier alpha value is -1.68. The molecule has 6 atom stereocenters. The van der Waals surface area contributed by atoms with Gasteiger partial charge < -0.3 is 26.2 Å². The van der Waals surface area contributed by atoms with Crippen molar-refractivity contribution in [2.75, 3.05) is 13.1 Å². The van der Waals surface area contributed by atoms with Gasteiger partial charge in [-0.2, -0.15) is 0 Å². The Labute approximate surface area is 202 Å². The van der Waals surface area contributed by atoms with Gasteiger partial charge in [0, 0.05) is 23.3 Å². The molecule has 2 saturated heterocycles. The predicted molar refractivity (Wildman–Crippen MR) is 126 cm³/mol. The third-order valence-corrected chi connectivity index (χ3v) is 9.22. The zero-order chi connectivity index (χ0) is 21.1. The molecular formula is C29H34BrNO. The van der Waals surface area contributed by atoms with Gasteiger partial charge in [-0.05, 0) is 42.2 Å². The Balaban J connectivity index is 0.00000216. The minimum absolute atomic E-state index is 0. The topological polar surface area (TPSA) is 9.23 Å². The molecule has 0 radical (unpaired) electrons. The van der Waals surface area contributed by atoms with E-state index in [2.05, 4.69) is 86.6 Å². The average molecular weight is 493 g/mol. The highest BCUT2D eigenvalue weighted by Gasteiger charge is 2.73. The van der Waals surface area contributed by atoms with Crippen LogP contribution in [0.15, 0.2) is 72.8 Å². The largest absolute Gasteiger partial charge is 1.00 e. The number of quaternary nitrogens is 1. The number of fused-ring (bicyclic) bond motifs is 1. The fraction of sp³-hybridized carbons (Fsp3) is 0.448. The Kier molecular flexibility index (Phi) is 5.72. The summed E-state index contributed by atoms with van der Waals surface area (Å²) in [6.45, 7) is 9.48. The standard InChI is InChI=1S/C29H34NO.BrH/c1-21-17-30(18-23-12-13-24-10-6-7-11-25(24)16-23)19-28(27-15-14-26(21)29(27,30)2)31-20-22-8-4-3-5-9-22;/h3-13,16,21,26-28H,14-15,17-20H2,1-2H3;1H/q+1;/p-1/t21-,26+,27-,28+,29-,30-;/m1./s1. The lowest BCUT2D eigenvalue weighted by atomic mass is 9.80. The molecule has 0 amide bonds. The minimum Gasteiger partial charge on any atom is -1.00 e. The molecule has 3 fully saturated rings. The molecule has 3 heteroatoms. The monoisotopic (exact) mass is 491 g/mol. The molecule has 0 aromatic heterocycles. The van der Waals surface area contributed by atoms with E-state index in [1.54, 1.807) is 0 Å². The first-order chi connectivity index (χ1) is 15.1. The van der Waals surface area contributed by atoms with Crippen LogP contribution in [-0.4, -0.2) is 29.2 Å². The van der Waals surface area contributed by atoms with Gasteiger partial charge in [0.05, 0.1) is 13.2 Å². The van der Waals surface area contributed by atoms with Crippen LogP contribution in [0.25, 0.3) is 10.8 Å². The smallest absolute Gasteiger partial charge is 0.116 e. The first-order valence-corrected chi connectivity index (χ1v) is 12.1. The normalized spacial score (nSPS) is 35.1. The summed E-state index contributed by atoms with van der Waals surface area (Å²) in [6, 6.07) is 26.6. The molecule has 0 spiro atoms. The Morgan fingerprint density at radius 3 is 2.38 bits per heavy atom. The number of hydrogen-bond acceptors (Lipinski definition) is 1. The first kappa shape index (κ1) is 22.1. The molecule has 2 aliphatic heterocycles. The van der Waals surface area contributed by atoms with Crippen LogP contribution in [0.2, 0.25) is 0 Å². The highest BCUT2D eigenvalue weighted by molar-refractivity contribution is 5.82. The van der Waals surface area contributed by atoms with Crippen molar-refractivity contribution >= 4 is 10.8 Å². The van der Waals surface area contributed by atoms with E-state index < -0.39 is 0 Å². The second-order valence-corrected chi connectivity index (χ2v) is 10.7.